The van der Waals surface area contributed by atoms with Crippen molar-refractivity contribution < 1.29 is 17.2 Å². The molecule has 11 heteroatoms. The molecule has 0 fully saturated rings. The van der Waals surface area contributed by atoms with Crippen LogP contribution in [0.25, 0.3) is 11.3 Å². The van der Waals surface area contributed by atoms with Crippen LogP contribution in [0.4, 0.5) is 27.5 Å². The highest BCUT2D eigenvalue weighted by molar-refractivity contribution is 7.89. The normalized spacial score (nSPS) is 11.3. The van der Waals surface area contributed by atoms with Crippen LogP contribution in [0, 0.1) is 12.7 Å². The SMILES string of the molecule is Cc1ccc(Nc2ncc(F)c(Nc3cccc(-c4cnco4)c3)n2)cc1S(N)(=O)=O. The van der Waals surface area contributed by atoms with Crippen LogP contribution in [-0.2, 0) is 10.0 Å². The lowest BCUT2D eigenvalue weighted by atomic mass is 10.1. The van der Waals surface area contributed by atoms with Crippen molar-refractivity contribution in [2.45, 2.75) is 11.8 Å². The van der Waals surface area contributed by atoms with Gasteiger partial charge in [-0.1, -0.05) is 18.2 Å². The van der Waals surface area contributed by atoms with Gasteiger partial charge in [-0.2, -0.15) is 4.98 Å². The van der Waals surface area contributed by atoms with E-state index in [0.717, 1.165) is 11.8 Å². The van der Waals surface area contributed by atoms with Crippen molar-refractivity contribution in [1.29, 1.82) is 0 Å². The maximum Gasteiger partial charge on any atom is 0.238 e. The van der Waals surface area contributed by atoms with Gasteiger partial charge in [0.2, 0.25) is 16.0 Å². The monoisotopic (exact) mass is 440 g/mol. The Morgan fingerprint density at radius 1 is 1.06 bits per heavy atom. The minimum absolute atomic E-state index is 0.0257. The minimum atomic E-state index is -3.89. The van der Waals surface area contributed by atoms with Crippen molar-refractivity contribution in [2.75, 3.05) is 10.6 Å². The summed E-state index contributed by atoms with van der Waals surface area (Å²) in [6.07, 6.45) is 3.90. The van der Waals surface area contributed by atoms with Gasteiger partial charge in [0.15, 0.2) is 23.8 Å². The van der Waals surface area contributed by atoms with E-state index in [0.29, 0.717) is 22.7 Å². The van der Waals surface area contributed by atoms with Gasteiger partial charge in [-0.05, 0) is 36.8 Å². The number of primary sulfonamides is 1. The number of sulfonamides is 1. The molecular formula is C20H17FN6O3S. The Balaban J connectivity index is 1.59. The maximum atomic E-state index is 14.3. The number of aromatic nitrogens is 3. The number of oxazole rings is 1. The molecule has 2 aromatic carbocycles. The van der Waals surface area contributed by atoms with E-state index >= 15 is 0 Å². The van der Waals surface area contributed by atoms with Crippen LogP contribution in [-0.4, -0.2) is 23.4 Å². The maximum absolute atomic E-state index is 14.3. The summed E-state index contributed by atoms with van der Waals surface area (Å²) in [5.74, 6) is -0.0885. The number of benzene rings is 2. The van der Waals surface area contributed by atoms with Crippen LogP contribution in [0.3, 0.4) is 0 Å². The molecule has 0 aliphatic heterocycles. The highest BCUT2D eigenvalue weighted by Gasteiger charge is 2.14. The van der Waals surface area contributed by atoms with Gasteiger partial charge in [0.1, 0.15) is 0 Å². The first-order valence-electron chi connectivity index (χ1n) is 8.98. The van der Waals surface area contributed by atoms with Crippen LogP contribution in [0.2, 0.25) is 0 Å². The molecule has 0 amide bonds. The van der Waals surface area contributed by atoms with Crippen LogP contribution in [0.5, 0.6) is 0 Å². The molecule has 4 rings (SSSR count). The van der Waals surface area contributed by atoms with E-state index in [9.17, 15) is 12.8 Å². The lowest BCUT2D eigenvalue weighted by Gasteiger charge is -2.11. The summed E-state index contributed by atoms with van der Waals surface area (Å²) in [6.45, 7) is 1.63. The van der Waals surface area contributed by atoms with E-state index in [1.54, 1.807) is 43.5 Å². The Morgan fingerprint density at radius 2 is 1.87 bits per heavy atom. The molecule has 2 aromatic heterocycles. The Bertz CT molecular complexity index is 1340. The van der Waals surface area contributed by atoms with Gasteiger partial charge < -0.3 is 15.1 Å². The Morgan fingerprint density at radius 3 is 2.61 bits per heavy atom. The Kier molecular flexibility index (Phi) is 5.36. The molecule has 0 saturated heterocycles. The standard InChI is InChI=1S/C20H17FN6O3S/c1-12-5-6-15(8-18(12)31(22,28)29)26-20-24-9-16(21)19(27-20)25-14-4-2-3-13(7-14)17-10-23-11-30-17/h2-11H,1H3,(H2,22,28,29)(H2,24,25,26,27). The van der Waals surface area contributed by atoms with E-state index in [-0.39, 0.29) is 16.7 Å². The van der Waals surface area contributed by atoms with Crippen molar-refractivity contribution in [3.8, 4) is 11.3 Å². The van der Waals surface area contributed by atoms with Gasteiger partial charge >= 0.3 is 0 Å². The number of hydrogen-bond donors (Lipinski definition) is 3. The second-order valence-corrected chi connectivity index (χ2v) is 8.14. The second kappa shape index (κ2) is 8.13. The predicted octanol–water partition coefficient (Wildman–Crippen LogP) is 3.71. The zero-order chi connectivity index (χ0) is 22.0. The fourth-order valence-corrected chi connectivity index (χ4v) is 3.68. The summed E-state index contributed by atoms with van der Waals surface area (Å²) in [6, 6.07) is 11.7. The highest BCUT2D eigenvalue weighted by Crippen LogP contribution is 2.26. The molecule has 9 nitrogen and oxygen atoms in total. The number of aryl methyl sites for hydroxylation is 1. The van der Waals surface area contributed by atoms with Gasteiger partial charge in [-0.25, -0.2) is 27.9 Å². The number of anilines is 4. The molecule has 31 heavy (non-hydrogen) atoms. The van der Waals surface area contributed by atoms with Crippen LogP contribution in [0.15, 0.2) is 70.6 Å². The third kappa shape index (κ3) is 4.68. The van der Waals surface area contributed by atoms with E-state index < -0.39 is 15.8 Å². The summed E-state index contributed by atoms with van der Waals surface area (Å²) < 4.78 is 43.0. The van der Waals surface area contributed by atoms with Crippen molar-refractivity contribution >= 4 is 33.2 Å². The predicted molar refractivity (Wildman–Crippen MR) is 113 cm³/mol. The topological polar surface area (TPSA) is 136 Å². The molecule has 4 aromatic rings. The van der Waals surface area contributed by atoms with E-state index in [1.165, 1.54) is 12.5 Å². The first-order chi connectivity index (χ1) is 14.8. The number of nitrogens with zero attached hydrogens (tertiary/aromatic N) is 3. The summed E-state index contributed by atoms with van der Waals surface area (Å²) in [4.78, 5) is 11.9. The van der Waals surface area contributed by atoms with Gasteiger partial charge in [0.25, 0.3) is 0 Å². The quantitative estimate of drug-likeness (QED) is 0.413. The molecular weight excluding hydrogens is 423 g/mol. The Hall–Kier alpha value is -3.83. The van der Waals surface area contributed by atoms with Crippen molar-refractivity contribution in [1.82, 2.24) is 15.0 Å². The first kappa shape index (κ1) is 20.4. The third-order valence-electron chi connectivity index (χ3n) is 4.34. The largest absolute Gasteiger partial charge is 0.444 e. The Labute approximate surface area is 177 Å². The number of hydrogen-bond acceptors (Lipinski definition) is 8. The van der Waals surface area contributed by atoms with Gasteiger partial charge in [-0.15, -0.1) is 0 Å². The van der Waals surface area contributed by atoms with E-state index in [4.69, 9.17) is 9.56 Å². The van der Waals surface area contributed by atoms with Gasteiger partial charge in [0, 0.05) is 16.9 Å². The average molecular weight is 440 g/mol. The molecule has 158 valence electrons. The lowest BCUT2D eigenvalue weighted by Crippen LogP contribution is -2.14. The van der Waals surface area contributed by atoms with E-state index in [1.807, 2.05) is 6.07 Å². The van der Waals surface area contributed by atoms with Crippen LogP contribution >= 0.6 is 0 Å². The smallest absolute Gasteiger partial charge is 0.238 e. The fourth-order valence-electron chi connectivity index (χ4n) is 2.87. The van der Waals surface area contributed by atoms with Crippen LogP contribution in [0.1, 0.15) is 5.56 Å². The average Bonchev–Trinajstić information content (AvgIpc) is 3.26. The molecule has 0 spiro atoms. The van der Waals surface area contributed by atoms with Gasteiger partial charge in [0.05, 0.1) is 17.3 Å². The molecule has 0 unspecified atom stereocenters. The van der Waals surface area contributed by atoms with Crippen LogP contribution < -0.4 is 15.8 Å². The van der Waals surface area contributed by atoms with Gasteiger partial charge in [-0.3, -0.25) is 0 Å². The summed E-state index contributed by atoms with van der Waals surface area (Å²) in [5.41, 5.74) is 2.22. The van der Waals surface area contributed by atoms with Crippen molar-refractivity contribution in [3.05, 3.63) is 72.6 Å². The minimum Gasteiger partial charge on any atom is -0.444 e. The van der Waals surface area contributed by atoms with Crippen molar-refractivity contribution in [3.63, 3.8) is 0 Å². The summed E-state index contributed by atoms with van der Waals surface area (Å²) in [5, 5.41) is 11.0. The molecule has 0 aliphatic carbocycles. The third-order valence-corrected chi connectivity index (χ3v) is 5.39. The summed E-state index contributed by atoms with van der Waals surface area (Å²) >= 11 is 0. The molecule has 0 atom stereocenters. The molecule has 4 N–H and O–H groups in total. The zero-order valence-corrected chi connectivity index (χ0v) is 17.0. The zero-order valence-electron chi connectivity index (χ0n) is 16.2. The first-order valence-corrected chi connectivity index (χ1v) is 10.5. The number of rotatable bonds is 6. The molecule has 0 radical (unpaired) electrons. The second-order valence-electron chi connectivity index (χ2n) is 6.61. The molecule has 0 aliphatic rings. The fraction of sp³-hybridized carbons (Fsp3) is 0.0500. The van der Waals surface area contributed by atoms with E-state index in [2.05, 4.69) is 25.6 Å². The lowest BCUT2D eigenvalue weighted by molar-refractivity contribution is 0.572. The van der Waals surface area contributed by atoms with Crippen molar-refractivity contribution in [2.24, 2.45) is 5.14 Å². The number of nitrogens with one attached hydrogen (secondary N) is 2. The summed E-state index contributed by atoms with van der Waals surface area (Å²) in [7, 11) is -3.89. The molecule has 2 heterocycles. The highest BCUT2D eigenvalue weighted by atomic mass is 32.2. The number of halogens is 1. The molecule has 0 saturated carbocycles. The number of nitrogens with two attached hydrogens (primary N) is 1. The molecule has 0 bridgehead atoms.